The molecule has 0 unspecified atom stereocenters. The second kappa shape index (κ2) is 6.43. The van der Waals surface area contributed by atoms with Crippen LogP contribution in [0.2, 0.25) is 0 Å². The summed E-state index contributed by atoms with van der Waals surface area (Å²) < 4.78 is 28.3. The Morgan fingerprint density at radius 2 is 2.00 bits per heavy atom. The number of hydrogen-bond acceptors (Lipinski definition) is 3. The SMILES string of the molecule is CCC(CC)n1c(=O)[nH]c2cc(Nc3ccc(F)cc3F)cnc21. The van der Waals surface area contributed by atoms with Gasteiger partial charge in [0.1, 0.15) is 11.6 Å². The van der Waals surface area contributed by atoms with Gasteiger partial charge in [0.05, 0.1) is 23.1 Å². The highest BCUT2D eigenvalue weighted by molar-refractivity contribution is 5.76. The average Bonchev–Trinajstić information content (AvgIpc) is 2.87. The lowest BCUT2D eigenvalue weighted by Gasteiger charge is -2.13. The van der Waals surface area contributed by atoms with E-state index in [1.54, 1.807) is 10.6 Å². The molecule has 0 amide bonds. The molecule has 3 rings (SSSR count). The van der Waals surface area contributed by atoms with Gasteiger partial charge >= 0.3 is 5.69 Å². The summed E-state index contributed by atoms with van der Waals surface area (Å²) in [5.41, 5.74) is 1.57. The smallest absolute Gasteiger partial charge is 0.327 e. The van der Waals surface area contributed by atoms with Crippen LogP contribution in [0.5, 0.6) is 0 Å². The van der Waals surface area contributed by atoms with Gasteiger partial charge in [0.2, 0.25) is 0 Å². The molecule has 2 aromatic heterocycles. The first-order valence-electron chi connectivity index (χ1n) is 7.85. The number of benzene rings is 1. The number of aromatic nitrogens is 3. The second-order valence-corrected chi connectivity index (χ2v) is 5.61. The second-order valence-electron chi connectivity index (χ2n) is 5.61. The van der Waals surface area contributed by atoms with Crippen molar-refractivity contribution in [2.24, 2.45) is 0 Å². The molecule has 0 saturated heterocycles. The van der Waals surface area contributed by atoms with Crippen molar-refractivity contribution in [2.45, 2.75) is 32.7 Å². The van der Waals surface area contributed by atoms with Crippen LogP contribution in [0.4, 0.5) is 20.2 Å². The van der Waals surface area contributed by atoms with Crippen molar-refractivity contribution in [3.63, 3.8) is 0 Å². The van der Waals surface area contributed by atoms with Crippen LogP contribution in [0.1, 0.15) is 32.7 Å². The Kier molecular flexibility index (Phi) is 4.33. The number of anilines is 2. The minimum absolute atomic E-state index is 0.0760. The Labute approximate surface area is 137 Å². The molecule has 126 valence electrons. The van der Waals surface area contributed by atoms with Crippen LogP contribution in [0.3, 0.4) is 0 Å². The zero-order chi connectivity index (χ0) is 17.3. The van der Waals surface area contributed by atoms with Gasteiger partial charge < -0.3 is 10.3 Å². The Morgan fingerprint density at radius 3 is 2.67 bits per heavy atom. The predicted octanol–water partition coefficient (Wildman–Crippen LogP) is 4.11. The number of imidazole rings is 1. The maximum absolute atomic E-state index is 13.7. The highest BCUT2D eigenvalue weighted by Crippen LogP contribution is 2.24. The Hall–Kier alpha value is -2.70. The molecular formula is C17H18F2N4O. The molecule has 0 saturated carbocycles. The normalized spacial score (nSPS) is 11.4. The van der Waals surface area contributed by atoms with Gasteiger partial charge in [-0.3, -0.25) is 4.57 Å². The van der Waals surface area contributed by atoms with Gasteiger partial charge in [0.15, 0.2) is 5.65 Å². The fourth-order valence-corrected chi connectivity index (χ4v) is 2.82. The van der Waals surface area contributed by atoms with E-state index in [0.717, 1.165) is 18.9 Å². The molecule has 7 heteroatoms. The zero-order valence-corrected chi connectivity index (χ0v) is 13.4. The predicted molar refractivity (Wildman–Crippen MR) is 89.6 cm³/mol. The first-order chi connectivity index (χ1) is 11.5. The lowest BCUT2D eigenvalue weighted by molar-refractivity contribution is 0.469. The molecule has 2 heterocycles. The first-order valence-corrected chi connectivity index (χ1v) is 7.85. The summed E-state index contributed by atoms with van der Waals surface area (Å²) in [6.07, 6.45) is 3.18. The van der Waals surface area contributed by atoms with Crippen LogP contribution >= 0.6 is 0 Å². The van der Waals surface area contributed by atoms with Crippen molar-refractivity contribution >= 4 is 22.5 Å². The molecular weight excluding hydrogens is 314 g/mol. The van der Waals surface area contributed by atoms with Crippen LogP contribution in [-0.4, -0.2) is 14.5 Å². The Balaban J connectivity index is 1.99. The first kappa shape index (κ1) is 16.2. The van der Waals surface area contributed by atoms with Gasteiger partial charge in [-0.25, -0.2) is 18.6 Å². The number of rotatable bonds is 5. The highest BCUT2D eigenvalue weighted by Gasteiger charge is 2.15. The van der Waals surface area contributed by atoms with E-state index in [2.05, 4.69) is 15.3 Å². The summed E-state index contributed by atoms with van der Waals surface area (Å²) in [6, 6.07) is 5.05. The van der Waals surface area contributed by atoms with E-state index >= 15 is 0 Å². The monoisotopic (exact) mass is 332 g/mol. The number of fused-ring (bicyclic) bond motifs is 1. The summed E-state index contributed by atoms with van der Waals surface area (Å²) in [6.45, 7) is 4.04. The molecule has 24 heavy (non-hydrogen) atoms. The number of aromatic amines is 1. The number of H-pyrrole nitrogens is 1. The van der Waals surface area contributed by atoms with E-state index in [1.807, 2.05) is 13.8 Å². The van der Waals surface area contributed by atoms with Gasteiger partial charge in [-0.15, -0.1) is 0 Å². The molecule has 2 N–H and O–H groups in total. The lowest BCUT2D eigenvalue weighted by atomic mass is 10.2. The third-order valence-electron chi connectivity index (χ3n) is 4.07. The minimum atomic E-state index is -0.696. The number of nitrogens with one attached hydrogen (secondary N) is 2. The summed E-state index contributed by atoms with van der Waals surface area (Å²) in [5, 5.41) is 2.84. The molecule has 0 aliphatic heterocycles. The topological polar surface area (TPSA) is 62.7 Å². The molecule has 3 aromatic rings. The maximum Gasteiger partial charge on any atom is 0.327 e. The van der Waals surface area contributed by atoms with Crippen LogP contribution in [0.15, 0.2) is 35.3 Å². The molecule has 1 aromatic carbocycles. The molecule has 0 spiro atoms. The van der Waals surface area contributed by atoms with Crippen molar-refractivity contribution in [3.8, 4) is 0 Å². The number of hydrogen-bond donors (Lipinski definition) is 2. The number of pyridine rings is 1. The minimum Gasteiger partial charge on any atom is -0.352 e. The molecule has 0 aliphatic rings. The van der Waals surface area contributed by atoms with E-state index in [0.29, 0.717) is 16.9 Å². The highest BCUT2D eigenvalue weighted by atomic mass is 19.1. The summed E-state index contributed by atoms with van der Waals surface area (Å²) in [7, 11) is 0. The van der Waals surface area contributed by atoms with Crippen LogP contribution in [0, 0.1) is 11.6 Å². The molecule has 0 atom stereocenters. The van der Waals surface area contributed by atoms with Crippen molar-refractivity contribution in [3.05, 3.63) is 52.6 Å². The van der Waals surface area contributed by atoms with Crippen molar-refractivity contribution < 1.29 is 8.78 Å². The lowest BCUT2D eigenvalue weighted by Crippen LogP contribution is -2.21. The number of nitrogens with zero attached hydrogens (tertiary/aromatic N) is 2. The molecule has 0 aliphatic carbocycles. The van der Waals surface area contributed by atoms with Crippen LogP contribution in [0.25, 0.3) is 11.2 Å². The largest absolute Gasteiger partial charge is 0.352 e. The van der Waals surface area contributed by atoms with E-state index in [4.69, 9.17) is 0 Å². The van der Waals surface area contributed by atoms with Crippen molar-refractivity contribution in [1.29, 1.82) is 0 Å². The van der Waals surface area contributed by atoms with Crippen molar-refractivity contribution in [1.82, 2.24) is 14.5 Å². The fourth-order valence-electron chi connectivity index (χ4n) is 2.82. The summed E-state index contributed by atoms with van der Waals surface area (Å²) in [5.74, 6) is -1.34. The molecule has 5 nitrogen and oxygen atoms in total. The van der Waals surface area contributed by atoms with E-state index in [-0.39, 0.29) is 17.4 Å². The summed E-state index contributed by atoms with van der Waals surface area (Å²) in [4.78, 5) is 19.3. The Morgan fingerprint density at radius 1 is 1.25 bits per heavy atom. The third-order valence-corrected chi connectivity index (χ3v) is 4.07. The zero-order valence-electron chi connectivity index (χ0n) is 13.4. The quantitative estimate of drug-likeness (QED) is 0.739. The van der Waals surface area contributed by atoms with Crippen LogP contribution < -0.4 is 11.0 Å². The molecule has 0 bridgehead atoms. The van der Waals surface area contributed by atoms with Crippen molar-refractivity contribution in [2.75, 3.05) is 5.32 Å². The number of halogens is 2. The van der Waals surface area contributed by atoms with Gasteiger partial charge in [0, 0.05) is 12.1 Å². The van der Waals surface area contributed by atoms with E-state index in [1.165, 1.54) is 18.3 Å². The van der Waals surface area contributed by atoms with Gasteiger partial charge in [-0.2, -0.15) is 0 Å². The summed E-state index contributed by atoms with van der Waals surface area (Å²) >= 11 is 0. The maximum atomic E-state index is 13.7. The van der Waals surface area contributed by atoms with E-state index < -0.39 is 11.6 Å². The molecule has 0 fully saturated rings. The third kappa shape index (κ3) is 2.89. The standard InChI is InChI=1S/C17H18F2N4O/c1-3-12(4-2)23-16-15(22-17(23)24)8-11(9-20-16)21-14-6-5-10(18)7-13(14)19/h5-9,12,21H,3-4H2,1-2H3,(H,22,24). The van der Waals surface area contributed by atoms with Gasteiger partial charge in [-0.05, 0) is 31.0 Å². The Bertz CT molecular complexity index is 928. The van der Waals surface area contributed by atoms with Gasteiger partial charge in [-0.1, -0.05) is 13.8 Å². The fraction of sp³-hybridized carbons (Fsp3) is 0.294. The average molecular weight is 332 g/mol. The van der Waals surface area contributed by atoms with Gasteiger partial charge in [0.25, 0.3) is 0 Å². The van der Waals surface area contributed by atoms with E-state index in [9.17, 15) is 13.6 Å². The van der Waals surface area contributed by atoms with Crippen LogP contribution in [-0.2, 0) is 0 Å². The molecule has 0 radical (unpaired) electrons.